The lowest BCUT2D eigenvalue weighted by molar-refractivity contribution is -0.141. The summed E-state index contributed by atoms with van der Waals surface area (Å²) in [6.45, 7) is 3.58. The Labute approximate surface area is 204 Å². The number of anilines is 1. The normalized spacial score (nSPS) is 17.5. The molecule has 0 radical (unpaired) electrons. The molecule has 0 amide bonds. The van der Waals surface area contributed by atoms with Crippen LogP contribution in [-0.2, 0) is 11.2 Å². The maximum Gasteiger partial charge on any atom is 0.308 e. The zero-order chi connectivity index (χ0) is 24.2. The Hall–Kier alpha value is -4.06. The van der Waals surface area contributed by atoms with Crippen molar-refractivity contribution >= 4 is 11.7 Å². The van der Waals surface area contributed by atoms with Crippen LogP contribution in [-0.4, -0.2) is 35.8 Å². The van der Waals surface area contributed by atoms with Crippen molar-refractivity contribution in [2.24, 2.45) is 5.92 Å². The third-order valence-corrected chi connectivity index (χ3v) is 6.59. The summed E-state index contributed by atoms with van der Waals surface area (Å²) in [6, 6.07) is 27.6. The van der Waals surface area contributed by atoms with Gasteiger partial charge >= 0.3 is 5.97 Å². The van der Waals surface area contributed by atoms with Crippen LogP contribution in [0.1, 0.15) is 22.9 Å². The Morgan fingerprint density at radius 1 is 1.00 bits per heavy atom. The van der Waals surface area contributed by atoms with Crippen molar-refractivity contribution in [1.29, 1.82) is 0 Å². The summed E-state index contributed by atoms with van der Waals surface area (Å²) in [5, 5.41) is 9.82. The molecule has 2 heterocycles. The molecule has 0 spiro atoms. The van der Waals surface area contributed by atoms with Gasteiger partial charge in [0.2, 0.25) is 5.89 Å². The highest BCUT2D eigenvalue weighted by molar-refractivity contribution is 5.74. The number of ether oxygens (including phenoxy) is 1. The number of carbonyl (C=O) groups is 1. The molecule has 3 aromatic carbocycles. The molecule has 1 aliphatic heterocycles. The number of aliphatic carboxylic acids is 1. The Morgan fingerprint density at radius 3 is 2.37 bits per heavy atom. The monoisotopic (exact) mass is 468 g/mol. The molecule has 5 rings (SSSR count). The Bertz CT molecular complexity index is 1270. The summed E-state index contributed by atoms with van der Waals surface area (Å²) in [7, 11) is 0. The van der Waals surface area contributed by atoms with Gasteiger partial charge in [0.05, 0.1) is 18.2 Å². The number of oxazole rings is 1. The molecule has 178 valence electrons. The second-order valence-electron chi connectivity index (χ2n) is 8.85. The molecule has 0 saturated carbocycles. The SMILES string of the molecule is Cc1oc(-c2ccccc2)nc1CCOc1ccc([C@H]2CN(c3ccccc3)C[C@@H]2C(=O)O)cc1. The average Bonchev–Trinajstić information content (AvgIpc) is 3.50. The fourth-order valence-electron chi connectivity index (χ4n) is 4.68. The van der Waals surface area contributed by atoms with Crippen LogP contribution in [0, 0.1) is 12.8 Å². The molecule has 6 heteroatoms. The number of aryl methyl sites for hydroxylation is 1. The molecule has 35 heavy (non-hydrogen) atoms. The molecular formula is C29H28N2O4. The predicted molar refractivity (Wildman–Crippen MR) is 135 cm³/mol. The number of carboxylic acid groups (broad SMARTS) is 1. The van der Waals surface area contributed by atoms with E-state index in [0.29, 0.717) is 32.0 Å². The van der Waals surface area contributed by atoms with Crippen LogP contribution < -0.4 is 9.64 Å². The topological polar surface area (TPSA) is 75.8 Å². The van der Waals surface area contributed by atoms with E-state index in [1.807, 2.05) is 91.9 Å². The fraction of sp³-hybridized carbons (Fsp3) is 0.241. The molecular weight excluding hydrogens is 440 g/mol. The van der Waals surface area contributed by atoms with Crippen LogP contribution in [0.3, 0.4) is 0 Å². The number of aromatic nitrogens is 1. The lowest BCUT2D eigenvalue weighted by atomic mass is 9.89. The van der Waals surface area contributed by atoms with Crippen molar-refractivity contribution in [2.45, 2.75) is 19.3 Å². The lowest BCUT2D eigenvalue weighted by Gasteiger charge is -2.18. The molecule has 1 saturated heterocycles. The van der Waals surface area contributed by atoms with Gasteiger partial charge in [-0.2, -0.15) is 0 Å². The van der Waals surface area contributed by atoms with E-state index in [4.69, 9.17) is 9.15 Å². The summed E-state index contributed by atoms with van der Waals surface area (Å²) in [5.74, 6) is 0.893. The minimum absolute atomic E-state index is 0.0732. The first-order valence-electron chi connectivity index (χ1n) is 11.9. The van der Waals surface area contributed by atoms with Crippen LogP contribution in [0.15, 0.2) is 89.3 Å². The highest BCUT2D eigenvalue weighted by Crippen LogP contribution is 2.36. The van der Waals surface area contributed by atoms with Gasteiger partial charge in [-0.25, -0.2) is 4.98 Å². The number of rotatable bonds is 8. The van der Waals surface area contributed by atoms with Gasteiger partial charge in [-0.1, -0.05) is 48.5 Å². The van der Waals surface area contributed by atoms with E-state index >= 15 is 0 Å². The molecule has 6 nitrogen and oxygen atoms in total. The van der Waals surface area contributed by atoms with Crippen molar-refractivity contribution < 1.29 is 19.1 Å². The number of hydrogen-bond acceptors (Lipinski definition) is 5. The van der Waals surface area contributed by atoms with Crippen molar-refractivity contribution in [2.75, 3.05) is 24.6 Å². The fourth-order valence-corrected chi connectivity index (χ4v) is 4.68. The largest absolute Gasteiger partial charge is 0.493 e. The summed E-state index contributed by atoms with van der Waals surface area (Å²) in [4.78, 5) is 18.7. The quantitative estimate of drug-likeness (QED) is 0.364. The summed E-state index contributed by atoms with van der Waals surface area (Å²) in [5.41, 5.74) is 3.91. The van der Waals surface area contributed by atoms with Gasteiger partial charge in [-0.15, -0.1) is 0 Å². The third-order valence-electron chi connectivity index (χ3n) is 6.59. The molecule has 1 aromatic heterocycles. The lowest BCUT2D eigenvalue weighted by Crippen LogP contribution is -2.23. The van der Waals surface area contributed by atoms with Gasteiger partial charge < -0.3 is 19.2 Å². The Kier molecular flexibility index (Phi) is 6.53. The van der Waals surface area contributed by atoms with Crippen molar-refractivity contribution in [3.63, 3.8) is 0 Å². The smallest absolute Gasteiger partial charge is 0.308 e. The van der Waals surface area contributed by atoms with Crippen molar-refractivity contribution in [1.82, 2.24) is 4.98 Å². The van der Waals surface area contributed by atoms with E-state index in [2.05, 4.69) is 9.88 Å². The van der Waals surface area contributed by atoms with Crippen LogP contribution in [0.5, 0.6) is 5.75 Å². The van der Waals surface area contributed by atoms with Crippen LogP contribution >= 0.6 is 0 Å². The van der Waals surface area contributed by atoms with Gasteiger partial charge in [-0.3, -0.25) is 4.79 Å². The van der Waals surface area contributed by atoms with Crippen LogP contribution in [0.2, 0.25) is 0 Å². The summed E-state index contributed by atoms with van der Waals surface area (Å²) < 4.78 is 11.8. The molecule has 1 fully saturated rings. The van der Waals surface area contributed by atoms with E-state index in [-0.39, 0.29) is 5.92 Å². The molecule has 0 aliphatic carbocycles. The van der Waals surface area contributed by atoms with E-state index < -0.39 is 11.9 Å². The summed E-state index contributed by atoms with van der Waals surface area (Å²) >= 11 is 0. The van der Waals surface area contributed by atoms with Gasteiger partial charge in [0, 0.05) is 36.7 Å². The van der Waals surface area contributed by atoms with Gasteiger partial charge in [0.25, 0.3) is 0 Å². The van der Waals surface area contributed by atoms with E-state index in [1.54, 1.807) is 0 Å². The molecule has 1 aliphatic rings. The first-order valence-corrected chi connectivity index (χ1v) is 11.9. The average molecular weight is 469 g/mol. The predicted octanol–water partition coefficient (Wildman–Crippen LogP) is 5.58. The second kappa shape index (κ2) is 10.1. The van der Waals surface area contributed by atoms with Crippen molar-refractivity contribution in [3.05, 3.63) is 102 Å². The van der Waals surface area contributed by atoms with Gasteiger partial charge in [0.15, 0.2) is 0 Å². The van der Waals surface area contributed by atoms with Crippen LogP contribution in [0.4, 0.5) is 5.69 Å². The van der Waals surface area contributed by atoms with E-state index in [0.717, 1.165) is 34.0 Å². The Balaban J connectivity index is 1.21. The zero-order valence-corrected chi connectivity index (χ0v) is 19.6. The molecule has 2 atom stereocenters. The number of nitrogens with zero attached hydrogens (tertiary/aromatic N) is 2. The second-order valence-corrected chi connectivity index (χ2v) is 8.85. The molecule has 4 aromatic rings. The molecule has 0 bridgehead atoms. The van der Waals surface area contributed by atoms with E-state index in [9.17, 15) is 9.90 Å². The Morgan fingerprint density at radius 2 is 1.69 bits per heavy atom. The zero-order valence-electron chi connectivity index (χ0n) is 19.6. The summed E-state index contributed by atoms with van der Waals surface area (Å²) in [6.07, 6.45) is 0.639. The first kappa shape index (κ1) is 22.7. The minimum Gasteiger partial charge on any atom is -0.493 e. The molecule has 0 unspecified atom stereocenters. The highest BCUT2D eigenvalue weighted by atomic mass is 16.5. The highest BCUT2D eigenvalue weighted by Gasteiger charge is 2.38. The van der Waals surface area contributed by atoms with Crippen LogP contribution in [0.25, 0.3) is 11.5 Å². The number of carboxylic acids is 1. The number of benzene rings is 3. The maximum absolute atomic E-state index is 12.0. The van der Waals surface area contributed by atoms with Gasteiger partial charge in [0.1, 0.15) is 11.5 Å². The van der Waals surface area contributed by atoms with Crippen molar-refractivity contribution in [3.8, 4) is 17.2 Å². The third kappa shape index (κ3) is 5.06. The number of para-hydroxylation sites is 1. The maximum atomic E-state index is 12.0. The van der Waals surface area contributed by atoms with E-state index in [1.165, 1.54) is 0 Å². The standard InChI is InChI=1S/C29H28N2O4/c1-20-27(30-28(35-20)22-8-4-2-5-9-22)16-17-34-24-14-12-21(13-15-24)25-18-31(19-26(25)29(32)33)23-10-6-3-7-11-23/h2-15,25-26H,16-19H2,1H3,(H,32,33)/t25-,26+/m1/s1. The minimum atomic E-state index is -0.758. The van der Waals surface area contributed by atoms with Gasteiger partial charge in [-0.05, 0) is 48.9 Å². The molecule has 1 N–H and O–H groups in total. The first-order chi connectivity index (χ1) is 17.1. The number of hydrogen-bond donors (Lipinski definition) is 1.